The summed E-state index contributed by atoms with van der Waals surface area (Å²) in [6, 6.07) is 19.8. The molecule has 0 amide bonds. The summed E-state index contributed by atoms with van der Waals surface area (Å²) in [5.74, 6) is 0.660. The minimum absolute atomic E-state index is 0.0845. The zero-order chi connectivity index (χ0) is 20.4. The van der Waals surface area contributed by atoms with Gasteiger partial charge in [-0.2, -0.15) is 5.26 Å². The van der Waals surface area contributed by atoms with Gasteiger partial charge in [0.2, 0.25) is 0 Å². The van der Waals surface area contributed by atoms with Crippen LogP contribution in [0.15, 0.2) is 77.3 Å². The summed E-state index contributed by atoms with van der Waals surface area (Å²) in [5.41, 5.74) is 10.2. The molecule has 2 N–H and O–H groups in total. The zero-order valence-electron chi connectivity index (χ0n) is 16.4. The third kappa shape index (κ3) is 3.38. The second kappa shape index (κ2) is 7.84. The van der Waals surface area contributed by atoms with Crippen molar-refractivity contribution in [3.63, 3.8) is 0 Å². The maximum atomic E-state index is 12.9. The molecule has 29 heavy (non-hydrogen) atoms. The lowest BCUT2D eigenvalue weighted by atomic mass is 9.75. The first-order valence-corrected chi connectivity index (χ1v) is 9.77. The normalized spacial score (nSPS) is 19.1. The molecule has 0 fully saturated rings. The Kier molecular flexibility index (Phi) is 5.09. The Hall–Kier alpha value is -3.52. The molecule has 146 valence electrons. The summed E-state index contributed by atoms with van der Waals surface area (Å²) < 4.78 is 6.13. The van der Waals surface area contributed by atoms with Gasteiger partial charge >= 0.3 is 0 Å². The Labute approximate surface area is 170 Å². The number of ether oxygens (including phenoxy) is 1. The summed E-state index contributed by atoms with van der Waals surface area (Å²) in [6.07, 6.45) is 2.07. The van der Waals surface area contributed by atoms with Crippen LogP contribution in [0.5, 0.6) is 5.75 Å². The van der Waals surface area contributed by atoms with E-state index >= 15 is 0 Å². The number of hydrogen-bond acceptors (Lipinski definition) is 5. The summed E-state index contributed by atoms with van der Waals surface area (Å²) in [7, 11) is 1.83. The van der Waals surface area contributed by atoms with Gasteiger partial charge in [-0.05, 0) is 24.5 Å². The number of nitrogens with two attached hydrogens (primary N) is 1. The maximum Gasteiger partial charge on any atom is 0.161 e. The Morgan fingerprint density at radius 2 is 1.86 bits per heavy atom. The number of nitrogens with zero attached hydrogens (tertiary/aromatic N) is 2. The SMILES string of the molecule is CN1C(N)=C(C#N)[C@H](c2ccccc2OCc2ccccc2)C2=C1CCCC2=O. The smallest absolute Gasteiger partial charge is 0.161 e. The number of Topliss-reactive ketones (excluding diaryl/α,β-unsaturated/α-hetero) is 1. The summed E-state index contributed by atoms with van der Waals surface area (Å²) in [5, 5.41) is 9.90. The van der Waals surface area contributed by atoms with Crippen LogP contribution < -0.4 is 10.5 Å². The van der Waals surface area contributed by atoms with Gasteiger partial charge in [-0.15, -0.1) is 0 Å². The number of nitriles is 1. The fourth-order valence-corrected chi connectivity index (χ4v) is 4.16. The molecule has 0 aromatic heterocycles. The zero-order valence-corrected chi connectivity index (χ0v) is 16.4. The van der Waals surface area contributed by atoms with Crippen molar-refractivity contribution >= 4 is 5.78 Å². The van der Waals surface area contributed by atoms with E-state index in [4.69, 9.17) is 10.5 Å². The van der Waals surface area contributed by atoms with Crippen molar-refractivity contribution < 1.29 is 9.53 Å². The highest BCUT2D eigenvalue weighted by atomic mass is 16.5. The molecule has 1 aliphatic carbocycles. The molecule has 2 aliphatic rings. The summed E-state index contributed by atoms with van der Waals surface area (Å²) in [4.78, 5) is 14.7. The number of para-hydroxylation sites is 1. The first-order valence-electron chi connectivity index (χ1n) is 9.77. The second-order valence-corrected chi connectivity index (χ2v) is 7.35. The number of benzene rings is 2. The fraction of sp³-hybridized carbons (Fsp3) is 0.250. The molecule has 1 heterocycles. The largest absolute Gasteiger partial charge is 0.489 e. The van der Waals surface area contributed by atoms with Crippen LogP contribution in [-0.4, -0.2) is 17.7 Å². The lowest BCUT2D eigenvalue weighted by Gasteiger charge is -2.38. The highest BCUT2D eigenvalue weighted by molar-refractivity contribution is 6.00. The van der Waals surface area contributed by atoms with E-state index in [-0.39, 0.29) is 5.78 Å². The fourth-order valence-electron chi connectivity index (χ4n) is 4.16. The Morgan fingerprint density at radius 3 is 2.62 bits per heavy atom. The van der Waals surface area contributed by atoms with Gasteiger partial charge in [-0.25, -0.2) is 0 Å². The molecule has 0 bridgehead atoms. The maximum absolute atomic E-state index is 12.9. The average Bonchev–Trinajstić information content (AvgIpc) is 2.76. The van der Waals surface area contributed by atoms with E-state index < -0.39 is 5.92 Å². The summed E-state index contributed by atoms with van der Waals surface area (Å²) >= 11 is 0. The van der Waals surface area contributed by atoms with E-state index in [1.165, 1.54) is 0 Å². The summed E-state index contributed by atoms with van der Waals surface area (Å²) in [6.45, 7) is 0.408. The molecule has 5 heteroatoms. The molecule has 1 atom stereocenters. The first-order chi connectivity index (χ1) is 14.1. The Bertz CT molecular complexity index is 1050. The van der Waals surface area contributed by atoms with Crippen LogP contribution in [0.25, 0.3) is 0 Å². The third-order valence-corrected chi connectivity index (χ3v) is 5.64. The molecule has 0 saturated heterocycles. The molecular formula is C24H23N3O2. The van der Waals surface area contributed by atoms with E-state index in [0.717, 1.165) is 29.7 Å². The van der Waals surface area contributed by atoms with Gasteiger partial charge in [0.25, 0.3) is 0 Å². The van der Waals surface area contributed by atoms with Crippen molar-refractivity contribution in [1.29, 1.82) is 5.26 Å². The van der Waals surface area contributed by atoms with E-state index in [2.05, 4.69) is 6.07 Å². The molecular weight excluding hydrogens is 362 g/mol. The van der Waals surface area contributed by atoms with E-state index in [9.17, 15) is 10.1 Å². The number of carbonyl (C=O) groups excluding carboxylic acids is 1. The Balaban J connectivity index is 1.79. The molecule has 4 rings (SSSR count). The van der Waals surface area contributed by atoms with Gasteiger partial charge in [0, 0.05) is 30.3 Å². The van der Waals surface area contributed by atoms with Crippen molar-refractivity contribution in [2.45, 2.75) is 31.8 Å². The van der Waals surface area contributed by atoms with Gasteiger partial charge in [-0.3, -0.25) is 4.79 Å². The van der Waals surface area contributed by atoms with Crippen molar-refractivity contribution in [1.82, 2.24) is 4.90 Å². The van der Waals surface area contributed by atoms with Crippen molar-refractivity contribution in [3.8, 4) is 11.8 Å². The monoisotopic (exact) mass is 385 g/mol. The second-order valence-electron chi connectivity index (χ2n) is 7.35. The minimum Gasteiger partial charge on any atom is -0.489 e. The van der Waals surface area contributed by atoms with Gasteiger partial charge in [0.05, 0.1) is 17.6 Å². The van der Waals surface area contributed by atoms with Crippen LogP contribution in [-0.2, 0) is 11.4 Å². The lowest BCUT2D eigenvalue weighted by Crippen LogP contribution is -2.36. The van der Waals surface area contributed by atoms with E-state index in [1.807, 2.05) is 61.6 Å². The quantitative estimate of drug-likeness (QED) is 0.861. The van der Waals surface area contributed by atoms with Crippen LogP contribution in [0.2, 0.25) is 0 Å². The molecule has 0 spiro atoms. The van der Waals surface area contributed by atoms with Gasteiger partial charge in [0.15, 0.2) is 5.78 Å². The number of ketones is 1. The molecule has 0 radical (unpaired) electrons. The van der Waals surface area contributed by atoms with Gasteiger partial charge in [0.1, 0.15) is 18.2 Å². The highest BCUT2D eigenvalue weighted by Gasteiger charge is 2.39. The highest BCUT2D eigenvalue weighted by Crippen LogP contribution is 2.46. The predicted molar refractivity (Wildman–Crippen MR) is 110 cm³/mol. The van der Waals surface area contributed by atoms with E-state index in [0.29, 0.717) is 35.7 Å². The van der Waals surface area contributed by atoms with E-state index in [1.54, 1.807) is 4.90 Å². The van der Waals surface area contributed by atoms with Crippen LogP contribution in [0.1, 0.15) is 36.3 Å². The average molecular weight is 385 g/mol. The molecule has 5 nitrogen and oxygen atoms in total. The van der Waals surface area contributed by atoms with Crippen molar-refractivity contribution in [2.24, 2.45) is 5.73 Å². The lowest BCUT2D eigenvalue weighted by molar-refractivity contribution is -0.116. The predicted octanol–water partition coefficient (Wildman–Crippen LogP) is 4.00. The van der Waals surface area contributed by atoms with Crippen LogP contribution >= 0.6 is 0 Å². The van der Waals surface area contributed by atoms with Gasteiger partial charge in [-0.1, -0.05) is 48.5 Å². The third-order valence-electron chi connectivity index (χ3n) is 5.64. The van der Waals surface area contributed by atoms with Crippen LogP contribution in [0.4, 0.5) is 0 Å². The van der Waals surface area contributed by atoms with Gasteiger partial charge < -0.3 is 15.4 Å². The number of carbonyl (C=O) groups is 1. The Morgan fingerprint density at radius 1 is 1.14 bits per heavy atom. The molecule has 0 unspecified atom stereocenters. The van der Waals surface area contributed by atoms with Crippen molar-refractivity contribution in [3.05, 3.63) is 88.4 Å². The standard InChI is InChI=1S/C24H23N3O2/c1-27-19-11-7-12-20(28)23(19)22(18(14-25)24(27)26)17-10-5-6-13-21(17)29-15-16-8-3-2-4-9-16/h2-6,8-10,13,22H,7,11-12,15,26H2,1H3/t22-/m0/s1. The topological polar surface area (TPSA) is 79.3 Å². The molecule has 2 aromatic rings. The molecule has 0 saturated carbocycles. The minimum atomic E-state index is -0.494. The molecule has 1 aliphatic heterocycles. The number of rotatable bonds is 4. The number of hydrogen-bond donors (Lipinski definition) is 1. The first kappa shape index (κ1) is 18.8. The van der Waals surface area contributed by atoms with Crippen molar-refractivity contribution in [2.75, 3.05) is 7.05 Å². The van der Waals surface area contributed by atoms with Crippen LogP contribution in [0, 0.1) is 11.3 Å². The van der Waals surface area contributed by atoms with Crippen LogP contribution in [0.3, 0.4) is 0 Å². The molecule has 2 aromatic carbocycles. The number of allylic oxidation sites excluding steroid dienone is 3.